The van der Waals surface area contributed by atoms with Gasteiger partial charge in [0.15, 0.2) is 0 Å². The van der Waals surface area contributed by atoms with Gasteiger partial charge in [0, 0.05) is 6.04 Å². The van der Waals surface area contributed by atoms with Crippen LogP contribution in [0.4, 0.5) is 0 Å². The fourth-order valence-corrected chi connectivity index (χ4v) is 2.97. The van der Waals surface area contributed by atoms with E-state index in [1.54, 1.807) is 0 Å². The lowest BCUT2D eigenvalue weighted by Crippen LogP contribution is -2.55. The molecule has 80 valence electrons. The van der Waals surface area contributed by atoms with Crippen LogP contribution in [-0.4, -0.2) is 17.2 Å². The van der Waals surface area contributed by atoms with Crippen LogP contribution in [0, 0.1) is 5.41 Å². The van der Waals surface area contributed by atoms with Crippen LogP contribution < -0.4 is 5.32 Å². The van der Waals surface area contributed by atoms with Gasteiger partial charge in [-0.1, -0.05) is 12.8 Å². The Hall–Kier alpha value is -0.180. The number of carbonyl (C=O) groups is 1. The predicted octanol–water partition coefficient (Wildman–Crippen LogP) is 2.14. The first-order valence-corrected chi connectivity index (χ1v) is 6.14. The molecular formula is C11H19NOS. The summed E-state index contributed by atoms with van der Waals surface area (Å²) in [7, 11) is 0. The van der Waals surface area contributed by atoms with Crippen LogP contribution >= 0.6 is 12.6 Å². The van der Waals surface area contributed by atoms with Crippen molar-refractivity contribution in [2.24, 2.45) is 5.41 Å². The van der Waals surface area contributed by atoms with Crippen LogP contribution in [0.1, 0.15) is 45.4 Å². The molecule has 1 amide bonds. The van der Waals surface area contributed by atoms with Crippen molar-refractivity contribution in [3.63, 3.8) is 0 Å². The highest BCUT2D eigenvalue weighted by atomic mass is 32.1. The van der Waals surface area contributed by atoms with Gasteiger partial charge in [-0.05, 0) is 38.0 Å². The molecule has 0 aliphatic heterocycles. The minimum Gasteiger partial charge on any atom is -0.352 e. The van der Waals surface area contributed by atoms with E-state index in [0.717, 1.165) is 0 Å². The molecule has 0 radical (unpaired) electrons. The minimum atomic E-state index is -0.172. The average molecular weight is 213 g/mol. The molecule has 2 rings (SSSR count). The molecule has 1 N–H and O–H groups in total. The summed E-state index contributed by atoms with van der Waals surface area (Å²) in [5.41, 5.74) is 0.484. The maximum absolute atomic E-state index is 11.5. The number of rotatable bonds is 2. The molecule has 0 aromatic carbocycles. The SMILES string of the molecule is CC(S)C(=O)NC1CCC12CCCC2. The monoisotopic (exact) mass is 213 g/mol. The number of amides is 1. The van der Waals surface area contributed by atoms with Gasteiger partial charge in [0.1, 0.15) is 0 Å². The first-order valence-electron chi connectivity index (χ1n) is 5.62. The van der Waals surface area contributed by atoms with Crippen molar-refractivity contribution in [2.75, 3.05) is 0 Å². The summed E-state index contributed by atoms with van der Waals surface area (Å²) in [5.74, 6) is 0.101. The summed E-state index contributed by atoms with van der Waals surface area (Å²) in [6.45, 7) is 1.83. The Morgan fingerprint density at radius 1 is 1.43 bits per heavy atom. The van der Waals surface area contributed by atoms with Crippen molar-refractivity contribution in [3.8, 4) is 0 Å². The van der Waals surface area contributed by atoms with E-state index in [-0.39, 0.29) is 11.2 Å². The standard InChI is InChI=1S/C11H19NOS/c1-8(14)10(13)12-9-4-7-11(9)5-2-3-6-11/h8-9,14H,2-7H2,1H3,(H,12,13). The number of hydrogen-bond acceptors (Lipinski definition) is 2. The minimum absolute atomic E-state index is 0.101. The summed E-state index contributed by atoms with van der Waals surface area (Å²) in [5, 5.41) is 2.96. The highest BCUT2D eigenvalue weighted by Gasteiger charge is 2.48. The van der Waals surface area contributed by atoms with E-state index >= 15 is 0 Å². The third-order valence-corrected chi connectivity index (χ3v) is 4.20. The van der Waals surface area contributed by atoms with Gasteiger partial charge in [0.25, 0.3) is 0 Å². The van der Waals surface area contributed by atoms with E-state index in [9.17, 15) is 4.79 Å². The van der Waals surface area contributed by atoms with E-state index < -0.39 is 0 Å². The van der Waals surface area contributed by atoms with E-state index in [0.29, 0.717) is 11.5 Å². The number of nitrogens with one attached hydrogen (secondary N) is 1. The van der Waals surface area contributed by atoms with Gasteiger partial charge in [-0.3, -0.25) is 4.79 Å². The zero-order valence-corrected chi connectivity index (χ0v) is 9.65. The molecule has 3 heteroatoms. The lowest BCUT2D eigenvalue weighted by Gasteiger charge is -2.47. The Labute approximate surface area is 91.2 Å². The Morgan fingerprint density at radius 3 is 2.50 bits per heavy atom. The van der Waals surface area contributed by atoms with Crippen molar-refractivity contribution in [3.05, 3.63) is 0 Å². The first-order chi connectivity index (χ1) is 6.64. The summed E-state index contributed by atoms with van der Waals surface area (Å²) in [6, 6.07) is 0.451. The second-order valence-electron chi connectivity index (χ2n) is 4.85. The molecule has 0 heterocycles. The van der Waals surface area contributed by atoms with Gasteiger partial charge >= 0.3 is 0 Å². The zero-order chi connectivity index (χ0) is 10.2. The van der Waals surface area contributed by atoms with Gasteiger partial charge in [0.05, 0.1) is 5.25 Å². The molecule has 0 saturated heterocycles. The van der Waals surface area contributed by atoms with E-state index in [2.05, 4.69) is 17.9 Å². The van der Waals surface area contributed by atoms with Gasteiger partial charge in [-0.2, -0.15) is 12.6 Å². The van der Waals surface area contributed by atoms with Crippen LogP contribution in [0.2, 0.25) is 0 Å². The Bertz CT molecular complexity index is 233. The van der Waals surface area contributed by atoms with E-state index in [4.69, 9.17) is 0 Å². The van der Waals surface area contributed by atoms with Crippen molar-refractivity contribution >= 4 is 18.5 Å². The number of carbonyl (C=O) groups excluding carboxylic acids is 1. The summed E-state index contributed by atoms with van der Waals surface area (Å²) in [4.78, 5) is 11.5. The lowest BCUT2D eigenvalue weighted by atomic mass is 9.63. The van der Waals surface area contributed by atoms with Crippen LogP contribution in [0.3, 0.4) is 0 Å². The Balaban J connectivity index is 1.90. The molecule has 0 aromatic heterocycles. The quantitative estimate of drug-likeness (QED) is 0.676. The van der Waals surface area contributed by atoms with Crippen molar-refractivity contribution < 1.29 is 4.79 Å². The van der Waals surface area contributed by atoms with Crippen LogP contribution in [-0.2, 0) is 4.79 Å². The molecule has 2 saturated carbocycles. The maximum Gasteiger partial charge on any atom is 0.232 e. The lowest BCUT2D eigenvalue weighted by molar-refractivity contribution is -0.123. The van der Waals surface area contributed by atoms with Crippen LogP contribution in [0.5, 0.6) is 0 Å². The van der Waals surface area contributed by atoms with Gasteiger partial charge in [-0.25, -0.2) is 0 Å². The van der Waals surface area contributed by atoms with Crippen LogP contribution in [0.25, 0.3) is 0 Å². The predicted molar refractivity (Wildman–Crippen MR) is 60.5 cm³/mol. The summed E-state index contributed by atoms with van der Waals surface area (Å²) in [6.07, 6.45) is 7.83. The molecule has 1 spiro atoms. The highest BCUT2D eigenvalue weighted by molar-refractivity contribution is 7.81. The summed E-state index contributed by atoms with van der Waals surface area (Å²) < 4.78 is 0. The smallest absolute Gasteiger partial charge is 0.232 e. The molecule has 0 aromatic rings. The largest absolute Gasteiger partial charge is 0.352 e. The van der Waals surface area contributed by atoms with Crippen molar-refractivity contribution in [1.82, 2.24) is 5.32 Å². The molecule has 2 unspecified atom stereocenters. The molecule has 2 fully saturated rings. The van der Waals surface area contributed by atoms with Gasteiger partial charge < -0.3 is 5.32 Å². The normalized spacial score (nSPS) is 31.1. The Morgan fingerprint density at radius 2 is 2.07 bits per heavy atom. The molecular weight excluding hydrogens is 194 g/mol. The highest BCUT2D eigenvalue weighted by Crippen LogP contribution is 2.53. The van der Waals surface area contributed by atoms with Crippen molar-refractivity contribution in [1.29, 1.82) is 0 Å². The third kappa shape index (κ3) is 1.67. The second kappa shape index (κ2) is 3.76. The maximum atomic E-state index is 11.5. The molecule has 2 aliphatic carbocycles. The number of hydrogen-bond donors (Lipinski definition) is 2. The molecule has 14 heavy (non-hydrogen) atoms. The Kier molecular flexibility index (Phi) is 2.78. The number of thiol groups is 1. The molecule has 2 atom stereocenters. The first kappa shape index (κ1) is 10.3. The zero-order valence-electron chi connectivity index (χ0n) is 8.75. The van der Waals surface area contributed by atoms with Crippen molar-refractivity contribution in [2.45, 2.75) is 56.7 Å². The molecule has 2 nitrogen and oxygen atoms in total. The fourth-order valence-electron chi connectivity index (χ4n) is 2.89. The second-order valence-corrected chi connectivity index (χ2v) is 5.62. The molecule has 0 bridgehead atoms. The topological polar surface area (TPSA) is 29.1 Å². The molecule has 2 aliphatic rings. The fraction of sp³-hybridized carbons (Fsp3) is 0.909. The van der Waals surface area contributed by atoms with Gasteiger partial charge in [-0.15, -0.1) is 0 Å². The average Bonchev–Trinajstić information content (AvgIpc) is 2.62. The van der Waals surface area contributed by atoms with E-state index in [1.165, 1.54) is 38.5 Å². The summed E-state index contributed by atoms with van der Waals surface area (Å²) >= 11 is 4.15. The van der Waals surface area contributed by atoms with E-state index in [1.807, 2.05) is 6.92 Å². The van der Waals surface area contributed by atoms with Crippen LogP contribution in [0.15, 0.2) is 0 Å². The third-order valence-electron chi connectivity index (χ3n) is 3.97. The van der Waals surface area contributed by atoms with Gasteiger partial charge in [0.2, 0.25) is 5.91 Å².